The van der Waals surface area contributed by atoms with Crippen molar-refractivity contribution in [3.05, 3.63) is 89.9 Å². The van der Waals surface area contributed by atoms with Gasteiger partial charge in [0.05, 0.1) is 6.20 Å². The predicted octanol–water partition coefficient (Wildman–Crippen LogP) is 6.08. The van der Waals surface area contributed by atoms with Crippen LogP contribution in [0, 0.1) is 0 Å². The van der Waals surface area contributed by atoms with E-state index in [4.69, 9.17) is 4.98 Å². The van der Waals surface area contributed by atoms with Gasteiger partial charge in [-0.25, -0.2) is 9.37 Å². The highest BCUT2D eigenvalue weighted by Crippen LogP contribution is 2.27. The van der Waals surface area contributed by atoms with Gasteiger partial charge < -0.3 is 26.6 Å². The molecule has 5 rings (SSSR count). The van der Waals surface area contributed by atoms with Crippen molar-refractivity contribution >= 4 is 40.5 Å². The molecule has 11 heteroatoms. The number of anilines is 4. The van der Waals surface area contributed by atoms with E-state index in [0.29, 0.717) is 23.5 Å². The van der Waals surface area contributed by atoms with Crippen molar-refractivity contribution in [2.45, 2.75) is 64.6 Å². The lowest BCUT2D eigenvalue weighted by molar-refractivity contribution is -0.114. The third kappa shape index (κ3) is 7.41. The van der Waals surface area contributed by atoms with Gasteiger partial charge in [-0.3, -0.25) is 9.59 Å². The van der Waals surface area contributed by atoms with Crippen molar-refractivity contribution in [3.63, 3.8) is 0 Å². The molecule has 0 unspecified atom stereocenters. The third-order valence-corrected chi connectivity index (χ3v) is 7.71. The number of fused-ring (bicyclic) bond motifs is 1. The molecule has 0 saturated carbocycles. The number of hydrogen-bond donors (Lipinski definition) is 5. The second-order valence-electron chi connectivity index (χ2n) is 12.1. The number of rotatable bonds is 10. The Morgan fingerprint density at radius 1 is 1.11 bits per heavy atom. The SMILES string of the molecule is C=C(F)C(=O)Nc1cccc(C(=O)Nc2cccc(CNc3cc(N[C@H]4CCC(C)(C)NC4)nc4c(C(C)C)cnn34)c2)c1. The van der Waals surface area contributed by atoms with E-state index in [1.165, 1.54) is 6.07 Å². The molecule has 0 radical (unpaired) electrons. The highest BCUT2D eigenvalue weighted by atomic mass is 19.1. The summed E-state index contributed by atoms with van der Waals surface area (Å²) in [5.74, 6) is -0.565. The summed E-state index contributed by atoms with van der Waals surface area (Å²) in [5.41, 5.74) is 4.18. The van der Waals surface area contributed by atoms with E-state index in [1.807, 2.05) is 35.0 Å². The Kier molecular flexibility index (Phi) is 8.96. The Labute approximate surface area is 256 Å². The van der Waals surface area contributed by atoms with Gasteiger partial charge in [0.2, 0.25) is 0 Å². The summed E-state index contributed by atoms with van der Waals surface area (Å²) in [4.78, 5) is 29.5. The largest absolute Gasteiger partial charge is 0.366 e. The van der Waals surface area contributed by atoms with Gasteiger partial charge in [0.1, 0.15) is 11.6 Å². The first-order valence-electron chi connectivity index (χ1n) is 14.8. The summed E-state index contributed by atoms with van der Waals surface area (Å²) in [6, 6.07) is 16.0. The monoisotopic (exact) mass is 598 g/mol. The number of amides is 2. The average Bonchev–Trinajstić information content (AvgIpc) is 3.42. The van der Waals surface area contributed by atoms with Crippen molar-refractivity contribution in [2.24, 2.45) is 0 Å². The number of benzene rings is 2. The van der Waals surface area contributed by atoms with Gasteiger partial charge in [-0.15, -0.1) is 0 Å². The molecule has 1 fully saturated rings. The van der Waals surface area contributed by atoms with Crippen molar-refractivity contribution in [2.75, 3.05) is 27.8 Å². The smallest absolute Gasteiger partial charge is 0.283 e. The van der Waals surface area contributed by atoms with E-state index in [1.54, 1.807) is 24.3 Å². The molecule has 0 bridgehead atoms. The Hall–Kier alpha value is -4.77. The molecule has 230 valence electrons. The topological polar surface area (TPSA) is 124 Å². The van der Waals surface area contributed by atoms with E-state index < -0.39 is 11.7 Å². The maximum absolute atomic E-state index is 13.1. The summed E-state index contributed by atoms with van der Waals surface area (Å²) in [6.45, 7) is 13.0. The molecule has 4 aromatic rings. The van der Waals surface area contributed by atoms with Gasteiger partial charge in [0, 0.05) is 53.2 Å². The standard InChI is InChI=1S/C33H39FN8O2/c1-20(2)27-19-37-42-29(16-28(41-30(27)42)38-26-12-13-33(4,5)36-18-26)35-17-22-8-6-10-24(14-22)40-32(44)23-9-7-11-25(15-23)39-31(43)21(3)34/h6-11,14-16,19-20,26,35-36H,3,12-13,17-18H2,1-2,4-5H3,(H,38,41)(H,39,43)(H,40,44)/t26-/m0/s1. The van der Waals surface area contributed by atoms with Gasteiger partial charge in [-0.2, -0.15) is 9.61 Å². The summed E-state index contributed by atoms with van der Waals surface area (Å²) in [6.07, 6.45) is 4.00. The number of nitrogens with zero attached hydrogens (tertiary/aromatic N) is 3. The van der Waals surface area contributed by atoms with E-state index in [9.17, 15) is 14.0 Å². The first-order chi connectivity index (χ1) is 21.0. The number of aromatic nitrogens is 3. The van der Waals surface area contributed by atoms with Crippen LogP contribution in [0.1, 0.15) is 67.9 Å². The second kappa shape index (κ2) is 12.8. The summed E-state index contributed by atoms with van der Waals surface area (Å²) >= 11 is 0. The second-order valence-corrected chi connectivity index (χ2v) is 12.1. The summed E-state index contributed by atoms with van der Waals surface area (Å²) < 4.78 is 14.9. The van der Waals surface area contributed by atoms with Crippen molar-refractivity contribution < 1.29 is 14.0 Å². The molecule has 3 heterocycles. The molecular weight excluding hydrogens is 559 g/mol. The minimum atomic E-state index is -1.11. The number of carbonyl (C=O) groups is 2. The molecule has 0 aliphatic carbocycles. The molecule has 44 heavy (non-hydrogen) atoms. The maximum Gasteiger partial charge on any atom is 0.283 e. The number of hydrogen-bond acceptors (Lipinski definition) is 7. The van der Waals surface area contributed by atoms with E-state index in [2.05, 4.69) is 66.0 Å². The highest BCUT2D eigenvalue weighted by molar-refractivity contribution is 6.06. The zero-order valence-electron chi connectivity index (χ0n) is 25.5. The molecule has 1 aliphatic rings. The first-order valence-corrected chi connectivity index (χ1v) is 14.8. The Morgan fingerprint density at radius 2 is 1.86 bits per heavy atom. The van der Waals surface area contributed by atoms with Crippen LogP contribution in [0.4, 0.5) is 27.4 Å². The summed E-state index contributed by atoms with van der Waals surface area (Å²) in [5, 5.41) is 20.6. The fraction of sp³-hybridized carbons (Fsp3) is 0.333. The van der Waals surface area contributed by atoms with E-state index in [0.717, 1.165) is 47.8 Å². The fourth-order valence-corrected chi connectivity index (χ4v) is 5.14. The van der Waals surface area contributed by atoms with Gasteiger partial charge in [0.25, 0.3) is 11.8 Å². The van der Waals surface area contributed by atoms with E-state index in [-0.39, 0.29) is 23.4 Å². The van der Waals surface area contributed by atoms with Crippen LogP contribution in [0.5, 0.6) is 0 Å². The zero-order valence-corrected chi connectivity index (χ0v) is 25.5. The Morgan fingerprint density at radius 3 is 2.57 bits per heavy atom. The molecule has 10 nitrogen and oxygen atoms in total. The average molecular weight is 599 g/mol. The molecule has 0 spiro atoms. The van der Waals surface area contributed by atoms with Gasteiger partial charge in [-0.05, 0) is 68.5 Å². The zero-order chi connectivity index (χ0) is 31.4. The number of nitrogens with one attached hydrogen (secondary N) is 5. The fourth-order valence-electron chi connectivity index (χ4n) is 5.14. The molecule has 2 aromatic carbocycles. The Bertz CT molecular complexity index is 1690. The molecule has 5 N–H and O–H groups in total. The van der Waals surface area contributed by atoms with Crippen LogP contribution in [-0.4, -0.2) is 44.5 Å². The highest BCUT2D eigenvalue weighted by Gasteiger charge is 2.26. The normalized spacial score (nSPS) is 16.0. The number of piperidine rings is 1. The quantitative estimate of drug-likeness (QED) is 0.140. The van der Waals surface area contributed by atoms with Crippen molar-refractivity contribution in [1.82, 2.24) is 19.9 Å². The Balaban J connectivity index is 1.30. The molecule has 2 amide bonds. The molecule has 2 aromatic heterocycles. The van der Waals surface area contributed by atoms with Crippen LogP contribution in [0.15, 0.2) is 73.2 Å². The maximum atomic E-state index is 13.1. The van der Waals surface area contributed by atoms with Crippen LogP contribution in [0.3, 0.4) is 0 Å². The lowest BCUT2D eigenvalue weighted by atomic mass is 9.91. The lowest BCUT2D eigenvalue weighted by Gasteiger charge is -2.36. The van der Waals surface area contributed by atoms with Gasteiger partial charge >= 0.3 is 0 Å². The van der Waals surface area contributed by atoms with Crippen molar-refractivity contribution in [3.8, 4) is 0 Å². The molecular formula is C33H39FN8O2. The van der Waals surface area contributed by atoms with Crippen LogP contribution >= 0.6 is 0 Å². The number of carbonyl (C=O) groups excluding carboxylic acids is 2. The van der Waals surface area contributed by atoms with Crippen LogP contribution in [0.25, 0.3) is 5.65 Å². The molecule has 1 saturated heterocycles. The van der Waals surface area contributed by atoms with E-state index >= 15 is 0 Å². The predicted molar refractivity (Wildman–Crippen MR) is 173 cm³/mol. The first kappa shape index (κ1) is 30.7. The van der Waals surface area contributed by atoms with Gasteiger partial charge in [0.15, 0.2) is 11.5 Å². The number of halogens is 1. The van der Waals surface area contributed by atoms with Gasteiger partial charge in [-0.1, -0.05) is 38.6 Å². The van der Waals surface area contributed by atoms with Crippen molar-refractivity contribution in [1.29, 1.82) is 0 Å². The van der Waals surface area contributed by atoms with Crippen LogP contribution in [-0.2, 0) is 11.3 Å². The van der Waals surface area contributed by atoms with Crippen LogP contribution < -0.4 is 26.6 Å². The minimum Gasteiger partial charge on any atom is -0.366 e. The lowest BCUT2D eigenvalue weighted by Crippen LogP contribution is -2.50. The van der Waals surface area contributed by atoms with Crippen LogP contribution in [0.2, 0.25) is 0 Å². The molecule has 1 aliphatic heterocycles. The third-order valence-electron chi connectivity index (χ3n) is 7.71. The minimum absolute atomic E-state index is 0.139. The summed E-state index contributed by atoms with van der Waals surface area (Å²) in [7, 11) is 0. The molecule has 1 atom stereocenters.